The fraction of sp³-hybridized carbons (Fsp3) is 0.533. The molecule has 0 aliphatic heterocycles. The first-order valence-corrected chi connectivity index (χ1v) is 8.96. The SMILES string of the molecule is CCS(=O)(=O)NC(C(=O)NCCc1ccc(O)cc1)C(C)C. The molecule has 6 nitrogen and oxygen atoms in total. The minimum atomic E-state index is -3.43. The second-order valence-corrected chi connectivity index (χ2v) is 7.49. The van der Waals surface area contributed by atoms with Gasteiger partial charge in [-0.3, -0.25) is 4.79 Å². The van der Waals surface area contributed by atoms with Crippen molar-refractivity contribution in [1.82, 2.24) is 10.0 Å². The van der Waals surface area contributed by atoms with E-state index in [1.165, 1.54) is 6.92 Å². The summed E-state index contributed by atoms with van der Waals surface area (Å²) in [5.41, 5.74) is 0.980. The number of nitrogens with one attached hydrogen (secondary N) is 2. The van der Waals surface area contributed by atoms with Crippen LogP contribution < -0.4 is 10.0 Å². The normalized spacial score (nSPS) is 13.1. The lowest BCUT2D eigenvalue weighted by molar-refractivity contribution is -0.123. The van der Waals surface area contributed by atoms with Crippen molar-refractivity contribution in [1.29, 1.82) is 0 Å². The Hall–Kier alpha value is -1.60. The van der Waals surface area contributed by atoms with Gasteiger partial charge in [-0.2, -0.15) is 0 Å². The van der Waals surface area contributed by atoms with Gasteiger partial charge in [0.1, 0.15) is 11.8 Å². The van der Waals surface area contributed by atoms with E-state index in [1.807, 2.05) is 0 Å². The number of rotatable bonds is 8. The van der Waals surface area contributed by atoms with Gasteiger partial charge in [-0.1, -0.05) is 26.0 Å². The van der Waals surface area contributed by atoms with Crippen LogP contribution in [-0.4, -0.2) is 37.8 Å². The summed E-state index contributed by atoms with van der Waals surface area (Å²) in [7, 11) is -3.43. The summed E-state index contributed by atoms with van der Waals surface area (Å²) in [6.45, 7) is 5.52. The van der Waals surface area contributed by atoms with Crippen LogP contribution >= 0.6 is 0 Å². The molecule has 1 atom stereocenters. The van der Waals surface area contributed by atoms with Gasteiger partial charge in [-0.05, 0) is 37.0 Å². The molecule has 0 saturated heterocycles. The predicted octanol–water partition coefficient (Wildman–Crippen LogP) is 1.01. The Morgan fingerprint density at radius 1 is 1.23 bits per heavy atom. The van der Waals surface area contributed by atoms with Crippen molar-refractivity contribution in [2.24, 2.45) is 5.92 Å². The highest BCUT2D eigenvalue weighted by atomic mass is 32.2. The number of hydrogen-bond donors (Lipinski definition) is 3. The van der Waals surface area contributed by atoms with E-state index >= 15 is 0 Å². The van der Waals surface area contributed by atoms with E-state index < -0.39 is 16.1 Å². The molecular weight excluding hydrogens is 304 g/mol. The van der Waals surface area contributed by atoms with E-state index in [2.05, 4.69) is 10.0 Å². The molecular formula is C15H24N2O4S. The fourth-order valence-electron chi connectivity index (χ4n) is 1.87. The van der Waals surface area contributed by atoms with Crippen LogP contribution in [0.15, 0.2) is 24.3 Å². The highest BCUT2D eigenvalue weighted by Crippen LogP contribution is 2.10. The molecule has 0 radical (unpaired) electrons. The first-order valence-electron chi connectivity index (χ1n) is 7.30. The molecule has 22 heavy (non-hydrogen) atoms. The molecule has 0 heterocycles. The summed E-state index contributed by atoms with van der Waals surface area (Å²) < 4.78 is 25.7. The summed E-state index contributed by atoms with van der Waals surface area (Å²) in [6, 6.07) is 5.96. The zero-order valence-electron chi connectivity index (χ0n) is 13.2. The number of phenolic OH excluding ortho intramolecular Hbond substituents is 1. The summed E-state index contributed by atoms with van der Waals surface area (Å²) in [5.74, 6) is -0.334. The molecule has 0 aromatic heterocycles. The Morgan fingerprint density at radius 3 is 2.32 bits per heavy atom. The number of phenols is 1. The Kier molecular flexibility index (Phi) is 6.83. The van der Waals surface area contributed by atoms with Crippen LogP contribution in [-0.2, 0) is 21.2 Å². The van der Waals surface area contributed by atoms with Gasteiger partial charge in [0.2, 0.25) is 15.9 Å². The highest BCUT2D eigenvalue weighted by Gasteiger charge is 2.26. The fourth-order valence-corrected chi connectivity index (χ4v) is 2.80. The Balaban J connectivity index is 2.55. The third-order valence-corrected chi connectivity index (χ3v) is 4.66. The van der Waals surface area contributed by atoms with E-state index in [9.17, 15) is 18.3 Å². The lowest BCUT2D eigenvalue weighted by Crippen LogP contribution is -2.50. The zero-order valence-corrected chi connectivity index (χ0v) is 14.0. The van der Waals surface area contributed by atoms with Crippen LogP contribution in [0.25, 0.3) is 0 Å². The van der Waals surface area contributed by atoms with Crippen molar-refractivity contribution >= 4 is 15.9 Å². The molecule has 1 aromatic carbocycles. The predicted molar refractivity (Wildman–Crippen MR) is 86.0 cm³/mol. The van der Waals surface area contributed by atoms with Crippen molar-refractivity contribution in [3.05, 3.63) is 29.8 Å². The number of carbonyl (C=O) groups excluding carboxylic acids is 1. The molecule has 3 N–H and O–H groups in total. The third kappa shape index (κ3) is 6.03. The van der Waals surface area contributed by atoms with Crippen LogP contribution in [0.5, 0.6) is 5.75 Å². The average molecular weight is 328 g/mol. The quantitative estimate of drug-likeness (QED) is 0.664. The van der Waals surface area contributed by atoms with Gasteiger partial charge < -0.3 is 10.4 Å². The van der Waals surface area contributed by atoms with Crippen LogP contribution in [0.3, 0.4) is 0 Å². The molecule has 1 aromatic rings. The summed E-state index contributed by atoms with van der Waals surface area (Å²) in [5, 5.41) is 11.9. The Bertz CT molecular complexity index is 582. The lowest BCUT2D eigenvalue weighted by atomic mass is 10.0. The smallest absolute Gasteiger partial charge is 0.238 e. The van der Waals surface area contributed by atoms with Crippen LogP contribution in [0.4, 0.5) is 0 Å². The molecule has 0 fully saturated rings. The van der Waals surface area contributed by atoms with Gasteiger partial charge in [0.05, 0.1) is 5.75 Å². The summed E-state index contributed by atoms with van der Waals surface area (Å²) in [4.78, 5) is 12.1. The number of sulfonamides is 1. The van der Waals surface area contributed by atoms with Crippen LogP contribution in [0.2, 0.25) is 0 Å². The maximum absolute atomic E-state index is 12.1. The van der Waals surface area contributed by atoms with Crippen molar-refractivity contribution < 1.29 is 18.3 Å². The number of benzene rings is 1. The number of amides is 1. The van der Waals surface area contributed by atoms with Gasteiger partial charge in [0, 0.05) is 6.54 Å². The van der Waals surface area contributed by atoms with Gasteiger partial charge in [-0.25, -0.2) is 13.1 Å². The zero-order chi connectivity index (χ0) is 16.8. The number of hydrogen-bond acceptors (Lipinski definition) is 4. The second kappa shape index (κ2) is 8.14. The standard InChI is InChI=1S/C15H24N2O4S/c1-4-22(20,21)17-14(11(2)3)15(19)16-10-9-12-5-7-13(18)8-6-12/h5-8,11,14,17-18H,4,9-10H2,1-3H3,(H,16,19). The van der Waals surface area contributed by atoms with Crippen molar-refractivity contribution in [2.45, 2.75) is 33.2 Å². The lowest BCUT2D eigenvalue weighted by Gasteiger charge is -2.21. The van der Waals surface area contributed by atoms with Crippen molar-refractivity contribution in [3.63, 3.8) is 0 Å². The molecule has 1 unspecified atom stereocenters. The van der Waals surface area contributed by atoms with Crippen LogP contribution in [0, 0.1) is 5.92 Å². The molecule has 0 aliphatic carbocycles. The topological polar surface area (TPSA) is 95.5 Å². The van der Waals surface area contributed by atoms with Crippen molar-refractivity contribution in [2.75, 3.05) is 12.3 Å². The Labute approximate surface area is 132 Å². The number of aromatic hydroxyl groups is 1. The van der Waals surface area contributed by atoms with Gasteiger partial charge in [0.25, 0.3) is 0 Å². The first-order chi connectivity index (χ1) is 10.2. The molecule has 1 rings (SSSR count). The van der Waals surface area contributed by atoms with Gasteiger partial charge in [0.15, 0.2) is 0 Å². The molecule has 0 spiro atoms. The maximum Gasteiger partial charge on any atom is 0.238 e. The van der Waals surface area contributed by atoms with E-state index in [-0.39, 0.29) is 23.3 Å². The van der Waals surface area contributed by atoms with E-state index in [0.717, 1.165) is 5.56 Å². The van der Waals surface area contributed by atoms with E-state index in [1.54, 1.807) is 38.1 Å². The second-order valence-electron chi connectivity index (χ2n) is 5.45. The molecule has 124 valence electrons. The van der Waals surface area contributed by atoms with Gasteiger partial charge in [-0.15, -0.1) is 0 Å². The Morgan fingerprint density at radius 2 is 1.82 bits per heavy atom. The molecule has 7 heteroatoms. The highest BCUT2D eigenvalue weighted by molar-refractivity contribution is 7.89. The molecule has 0 aliphatic rings. The van der Waals surface area contributed by atoms with E-state index in [4.69, 9.17) is 0 Å². The van der Waals surface area contributed by atoms with Crippen molar-refractivity contribution in [3.8, 4) is 5.75 Å². The third-order valence-electron chi connectivity index (χ3n) is 3.28. The maximum atomic E-state index is 12.1. The van der Waals surface area contributed by atoms with Gasteiger partial charge >= 0.3 is 0 Å². The largest absolute Gasteiger partial charge is 0.508 e. The van der Waals surface area contributed by atoms with E-state index in [0.29, 0.717) is 13.0 Å². The minimum absolute atomic E-state index is 0.0585. The first kappa shape index (κ1) is 18.4. The number of carbonyl (C=O) groups is 1. The van der Waals surface area contributed by atoms with Crippen LogP contribution in [0.1, 0.15) is 26.3 Å². The molecule has 1 amide bonds. The summed E-state index contributed by atoms with van der Waals surface area (Å²) in [6.07, 6.45) is 0.608. The minimum Gasteiger partial charge on any atom is -0.508 e. The molecule has 0 saturated carbocycles. The average Bonchev–Trinajstić information content (AvgIpc) is 2.46. The molecule has 0 bridgehead atoms. The summed E-state index contributed by atoms with van der Waals surface area (Å²) >= 11 is 0. The monoisotopic (exact) mass is 328 g/mol.